The normalized spacial score (nSPS) is 16.1. The number of hydrogen-bond donors (Lipinski definition) is 1. The lowest BCUT2D eigenvalue weighted by molar-refractivity contribution is -0.134. The first kappa shape index (κ1) is 14.6. The summed E-state index contributed by atoms with van der Waals surface area (Å²) in [7, 11) is 3.01. The smallest absolute Gasteiger partial charge is 0.351 e. The van der Waals surface area contributed by atoms with Crippen LogP contribution in [0.3, 0.4) is 0 Å². The number of cyclic esters (lactones) is 1. The number of benzene rings is 1. The minimum Gasteiger partial charge on any atom is -0.504 e. The molecule has 110 valence electrons. The highest BCUT2D eigenvalue weighted by atomic mass is 16.6. The Kier molecular flexibility index (Phi) is 3.98. The summed E-state index contributed by atoms with van der Waals surface area (Å²) in [4.78, 5) is 22.8. The van der Waals surface area contributed by atoms with E-state index in [9.17, 15) is 14.7 Å². The molecule has 2 rings (SSSR count). The Balaban J connectivity index is 2.42. The molecule has 6 nitrogen and oxygen atoms in total. The zero-order chi connectivity index (χ0) is 15.6. The van der Waals surface area contributed by atoms with Gasteiger partial charge in [-0.25, -0.2) is 4.79 Å². The molecule has 1 N–H and O–H groups in total. The van der Waals surface area contributed by atoms with E-state index in [1.54, 1.807) is 18.2 Å². The molecule has 0 aliphatic carbocycles. The first-order valence-electron chi connectivity index (χ1n) is 6.08. The van der Waals surface area contributed by atoms with Gasteiger partial charge >= 0.3 is 5.97 Å². The van der Waals surface area contributed by atoms with Crippen molar-refractivity contribution in [1.29, 1.82) is 0 Å². The third-order valence-corrected chi connectivity index (χ3v) is 2.93. The van der Waals surface area contributed by atoms with Crippen molar-refractivity contribution in [3.63, 3.8) is 0 Å². The molecule has 0 bridgehead atoms. The van der Waals surface area contributed by atoms with Crippen molar-refractivity contribution in [3.05, 3.63) is 40.9 Å². The average molecular weight is 290 g/mol. The van der Waals surface area contributed by atoms with Crippen LogP contribution in [-0.4, -0.2) is 31.1 Å². The predicted molar refractivity (Wildman–Crippen MR) is 74.0 cm³/mol. The Labute approximate surface area is 121 Å². The van der Waals surface area contributed by atoms with E-state index in [1.807, 2.05) is 0 Å². The van der Waals surface area contributed by atoms with Crippen LogP contribution < -0.4 is 9.47 Å². The quantitative estimate of drug-likeness (QED) is 0.674. The predicted octanol–water partition coefficient (Wildman–Crippen LogP) is 2.00. The van der Waals surface area contributed by atoms with E-state index in [2.05, 4.69) is 0 Å². The fourth-order valence-corrected chi connectivity index (χ4v) is 1.92. The molecule has 0 saturated carbocycles. The topological polar surface area (TPSA) is 82.1 Å². The molecule has 0 amide bonds. The van der Waals surface area contributed by atoms with Crippen molar-refractivity contribution >= 4 is 17.8 Å². The molecule has 0 saturated heterocycles. The summed E-state index contributed by atoms with van der Waals surface area (Å²) in [5.41, 5.74) is 0.272. The Morgan fingerprint density at radius 1 is 1.24 bits per heavy atom. The molecule has 0 aromatic heterocycles. The van der Waals surface area contributed by atoms with E-state index in [-0.39, 0.29) is 11.3 Å². The lowest BCUT2D eigenvalue weighted by Gasteiger charge is -2.08. The Morgan fingerprint density at radius 3 is 2.43 bits per heavy atom. The number of rotatable bonds is 4. The van der Waals surface area contributed by atoms with Gasteiger partial charge in [0.1, 0.15) is 5.57 Å². The third kappa shape index (κ3) is 2.74. The van der Waals surface area contributed by atoms with Crippen LogP contribution in [0.15, 0.2) is 35.3 Å². The number of ketones is 1. The maximum absolute atomic E-state index is 11.5. The fraction of sp³-hybridized carbons (Fsp3) is 0.200. The number of carbonyl (C=O) groups excluding carboxylic acids is 2. The van der Waals surface area contributed by atoms with Crippen LogP contribution in [-0.2, 0) is 14.3 Å². The van der Waals surface area contributed by atoms with Crippen LogP contribution in [0.2, 0.25) is 0 Å². The summed E-state index contributed by atoms with van der Waals surface area (Å²) in [5.74, 6) is -0.890. The molecular formula is C15H14O6. The third-order valence-electron chi connectivity index (χ3n) is 2.93. The number of aliphatic hydroxyl groups excluding tert-OH is 1. The van der Waals surface area contributed by atoms with Crippen molar-refractivity contribution in [3.8, 4) is 11.5 Å². The molecule has 1 aliphatic rings. The van der Waals surface area contributed by atoms with Gasteiger partial charge in [-0.3, -0.25) is 4.79 Å². The molecule has 1 heterocycles. The SMILES string of the molecule is COc1ccc(/C=C2\OC(=O)C(C(C)=O)=C2O)cc1OC. The fourth-order valence-electron chi connectivity index (χ4n) is 1.92. The molecule has 0 radical (unpaired) electrons. The minimum absolute atomic E-state index is 0.0718. The van der Waals surface area contributed by atoms with Gasteiger partial charge in [-0.1, -0.05) is 6.07 Å². The zero-order valence-corrected chi connectivity index (χ0v) is 11.8. The summed E-state index contributed by atoms with van der Waals surface area (Å²) >= 11 is 0. The molecule has 0 atom stereocenters. The summed E-state index contributed by atoms with van der Waals surface area (Å²) in [5, 5.41) is 9.87. The van der Waals surface area contributed by atoms with E-state index in [4.69, 9.17) is 14.2 Å². The van der Waals surface area contributed by atoms with Gasteiger partial charge in [-0.05, 0) is 30.7 Å². The Morgan fingerprint density at radius 2 is 1.90 bits per heavy atom. The summed E-state index contributed by atoms with van der Waals surface area (Å²) in [6.07, 6.45) is 1.44. The van der Waals surface area contributed by atoms with Crippen molar-refractivity contribution in [2.45, 2.75) is 6.92 Å². The molecule has 1 aliphatic heterocycles. The molecule has 6 heteroatoms. The molecule has 21 heavy (non-hydrogen) atoms. The summed E-state index contributed by atoms with van der Waals surface area (Å²) in [6.45, 7) is 1.19. The van der Waals surface area contributed by atoms with E-state index in [0.717, 1.165) is 0 Å². The van der Waals surface area contributed by atoms with Crippen molar-refractivity contribution in [2.75, 3.05) is 14.2 Å². The summed E-state index contributed by atoms with van der Waals surface area (Å²) in [6, 6.07) is 5.02. The van der Waals surface area contributed by atoms with E-state index >= 15 is 0 Å². The lowest BCUT2D eigenvalue weighted by atomic mass is 10.1. The summed E-state index contributed by atoms with van der Waals surface area (Å²) < 4.78 is 15.2. The van der Waals surface area contributed by atoms with Crippen molar-refractivity contribution in [1.82, 2.24) is 0 Å². The van der Waals surface area contributed by atoms with Crippen LogP contribution in [0.25, 0.3) is 6.08 Å². The van der Waals surface area contributed by atoms with Gasteiger partial charge in [0, 0.05) is 0 Å². The van der Waals surface area contributed by atoms with E-state index in [0.29, 0.717) is 17.1 Å². The second kappa shape index (κ2) is 5.70. The molecule has 0 unspecified atom stereocenters. The van der Waals surface area contributed by atoms with Gasteiger partial charge in [-0.2, -0.15) is 0 Å². The van der Waals surface area contributed by atoms with Gasteiger partial charge in [0.15, 0.2) is 28.8 Å². The second-order valence-corrected chi connectivity index (χ2v) is 4.29. The van der Waals surface area contributed by atoms with Crippen LogP contribution in [0.1, 0.15) is 12.5 Å². The van der Waals surface area contributed by atoms with Gasteiger partial charge in [0.2, 0.25) is 0 Å². The van der Waals surface area contributed by atoms with Crippen LogP contribution in [0, 0.1) is 0 Å². The van der Waals surface area contributed by atoms with Gasteiger partial charge < -0.3 is 19.3 Å². The molecule has 1 aromatic rings. The number of carbonyl (C=O) groups is 2. The van der Waals surface area contributed by atoms with Crippen LogP contribution in [0.5, 0.6) is 11.5 Å². The van der Waals surface area contributed by atoms with Gasteiger partial charge in [-0.15, -0.1) is 0 Å². The number of hydrogen-bond acceptors (Lipinski definition) is 6. The monoisotopic (exact) mass is 290 g/mol. The minimum atomic E-state index is -0.855. The maximum atomic E-state index is 11.5. The standard InChI is InChI=1S/C15H14O6/c1-8(16)13-14(17)12(21-15(13)18)7-9-4-5-10(19-2)11(6-9)20-3/h4-7,17H,1-3H3/b12-7-. The number of Topliss-reactive ketones (excluding diaryl/α,β-unsaturated/α-hetero) is 1. The second-order valence-electron chi connectivity index (χ2n) is 4.29. The number of ether oxygens (including phenoxy) is 3. The highest BCUT2D eigenvalue weighted by molar-refractivity contribution is 6.19. The molecular weight excluding hydrogens is 276 g/mol. The zero-order valence-electron chi connectivity index (χ0n) is 11.8. The maximum Gasteiger partial charge on any atom is 0.351 e. The van der Waals surface area contributed by atoms with Crippen LogP contribution >= 0.6 is 0 Å². The number of aliphatic hydroxyl groups is 1. The van der Waals surface area contributed by atoms with E-state index in [1.165, 1.54) is 27.2 Å². The molecule has 0 fully saturated rings. The highest BCUT2D eigenvalue weighted by Gasteiger charge is 2.32. The number of esters is 1. The van der Waals surface area contributed by atoms with Crippen molar-refractivity contribution in [2.24, 2.45) is 0 Å². The first-order chi connectivity index (χ1) is 9.97. The van der Waals surface area contributed by atoms with Gasteiger partial charge in [0.05, 0.1) is 14.2 Å². The number of methoxy groups -OCH3 is 2. The first-order valence-corrected chi connectivity index (χ1v) is 6.08. The van der Waals surface area contributed by atoms with Crippen LogP contribution in [0.4, 0.5) is 0 Å². The largest absolute Gasteiger partial charge is 0.504 e. The highest BCUT2D eigenvalue weighted by Crippen LogP contribution is 2.31. The van der Waals surface area contributed by atoms with Crippen molar-refractivity contribution < 1.29 is 28.9 Å². The van der Waals surface area contributed by atoms with E-state index < -0.39 is 17.5 Å². The molecule has 0 spiro atoms. The van der Waals surface area contributed by atoms with Gasteiger partial charge in [0.25, 0.3) is 0 Å². The average Bonchev–Trinajstić information content (AvgIpc) is 2.73. The molecule has 1 aromatic carbocycles. The Bertz CT molecular complexity index is 669. The Hall–Kier alpha value is -2.76. The lowest BCUT2D eigenvalue weighted by Crippen LogP contribution is -2.06.